The van der Waals surface area contributed by atoms with Gasteiger partial charge in [-0.2, -0.15) is 5.10 Å². The third-order valence-corrected chi connectivity index (χ3v) is 3.92. The first kappa shape index (κ1) is 14.7. The van der Waals surface area contributed by atoms with Crippen molar-refractivity contribution in [3.05, 3.63) is 71.0 Å². The fraction of sp³-hybridized carbons (Fsp3) is 0.111. The second-order valence-electron chi connectivity index (χ2n) is 4.92. The van der Waals surface area contributed by atoms with Crippen LogP contribution in [0.2, 0.25) is 0 Å². The molecule has 0 aliphatic carbocycles. The van der Waals surface area contributed by atoms with Crippen LogP contribution in [0.1, 0.15) is 18.3 Å². The first-order chi connectivity index (χ1) is 10.7. The minimum absolute atomic E-state index is 0.804. The van der Waals surface area contributed by atoms with Gasteiger partial charge in [0.2, 0.25) is 0 Å². The summed E-state index contributed by atoms with van der Waals surface area (Å²) in [6.07, 6.45) is 2.64. The van der Waals surface area contributed by atoms with Crippen LogP contribution in [0.15, 0.2) is 59.6 Å². The van der Waals surface area contributed by atoms with Crippen molar-refractivity contribution in [1.29, 1.82) is 0 Å². The first-order valence-corrected chi connectivity index (χ1v) is 7.95. The zero-order valence-electron chi connectivity index (χ0n) is 12.3. The summed E-state index contributed by atoms with van der Waals surface area (Å²) in [4.78, 5) is 4.67. The Kier molecular flexibility index (Phi) is 4.20. The summed E-state index contributed by atoms with van der Waals surface area (Å²) < 4.78 is 2.92. The van der Waals surface area contributed by atoms with Crippen LogP contribution < -0.4 is 0 Å². The highest BCUT2D eigenvalue weighted by atomic mass is 79.9. The lowest BCUT2D eigenvalue weighted by atomic mass is 10.1. The van der Waals surface area contributed by atoms with Gasteiger partial charge in [0.05, 0.1) is 5.69 Å². The van der Waals surface area contributed by atoms with Gasteiger partial charge in [-0.05, 0) is 23.8 Å². The summed E-state index contributed by atoms with van der Waals surface area (Å²) in [5.41, 5.74) is 3.12. The summed E-state index contributed by atoms with van der Waals surface area (Å²) in [6, 6.07) is 16.2. The van der Waals surface area contributed by atoms with Crippen molar-refractivity contribution in [2.24, 2.45) is 0 Å². The maximum absolute atomic E-state index is 4.67. The molecule has 22 heavy (non-hydrogen) atoms. The topological polar surface area (TPSA) is 30.7 Å². The second kappa shape index (κ2) is 6.28. The summed E-state index contributed by atoms with van der Waals surface area (Å²) in [6.45, 7) is 5.85. The van der Waals surface area contributed by atoms with Crippen molar-refractivity contribution < 1.29 is 0 Å². The van der Waals surface area contributed by atoms with Gasteiger partial charge in [-0.15, -0.1) is 0 Å². The number of benzene rings is 2. The Balaban J connectivity index is 2.13. The fourth-order valence-corrected chi connectivity index (χ4v) is 2.63. The maximum atomic E-state index is 4.67. The Labute approximate surface area is 138 Å². The zero-order chi connectivity index (χ0) is 15.5. The van der Waals surface area contributed by atoms with Crippen LogP contribution in [0.25, 0.3) is 23.2 Å². The molecule has 3 rings (SSSR count). The van der Waals surface area contributed by atoms with Crippen molar-refractivity contribution in [3.8, 4) is 17.1 Å². The summed E-state index contributed by atoms with van der Waals surface area (Å²) >= 11 is 3.51. The number of aryl methyl sites for hydroxylation is 1. The molecule has 0 atom stereocenters. The van der Waals surface area contributed by atoms with E-state index in [0.29, 0.717) is 0 Å². The Morgan fingerprint density at radius 1 is 1.18 bits per heavy atom. The van der Waals surface area contributed by atoms with Gasteiger partial charge in [0, 0.05) is 16.5 Å². The molecule has 3 aromatic rings. The van der Waals surface area contributed by atoms with Crippen LogP contribution in [0.5, 0.6) is 0 Å². The molecule has 0 saturated carbocycles. The summed E-state index contributed by atoms with van der Waals surface area (Å²) in [7, 11) is 0. The molecular formula is C18H16BrN3. The molecule has 3 nitrogen and oxygen atoms in total. The van der Waals surface area contributed by atoms with Gasteiger partial charge in [-0.1, -0.05) is 65.8 Å². The van der Waals surface area contributed by atoms with E-state index in [1.165, 1.54) is 0 Å². The molecule has 0 saturated heterocycles. The van der Waals surface area contributed by atoms with Crippen molar-refractivity contribution in [2.45, 2.75) is 13.3 Å². The minimum Gasteiger partial charge on any atom is -0.213 e. The van der Waals surface area contributed by atoms with Gasteiger partial charge in [0.1, 0.15) is 0 Å². The lowest BCUT2D eigenvalue weighted by molar-refractivity contribution is 0.843. The molecule has 4 heteroatoms. The number of hydrogen-bond donors (Lipinski definition) is 0. The molecule has 0 bridgehead atoms. The van der Waals surface area contributed by atoms with Gasteiger partial charge < -0.3 is 0 Å². The Bertz CT molecular complexity index is 803. The predicted molar refractivity (Wildman–Crippen MR) is 94.0 cm³/mol. The molecule has 0 spiro atoms. The van der Waals surface area contributed by atoms with E-state index in [-0.39, 0.29) is 0 Å². The monoisotopic (exact) mass is 353 g/mol. The van der Waals surface area contributed by atoms with Crippen molar-refractivity contribution in [1.82, 2.24) is 14.8 Å². The number of hydrogen-bond acceptors (Lipinski definition) is 2. The van der Waals surface area contributed by atoms with Crippen LogP contribution in [0.4, 0.5) is 0 Å². The van der Waals surface area contributed by atoms with E-state index in [0.717, 1.165) is 39.4 Å². The maximum Gasteiger partial charge on any atom is 0.163 e. The Morgan fingerprint density at radius 3 is 2.59 bits per heavy atom. The van der Waals surface area contributed by atoms with Crippen LogP contribution in [-0.4, -0.2) is 14.8 Å². The van der Waals surface area contributed by atoms with Gasteiger partial charge in [-0.3, -0.25) is 0 Å². The number of nitrogens with zero attached hydrogens (tertiary/aromatic N) is 3. The van der Waals surface area contributed by atoms with Crippen molar-refractivity contribution >= 4 is 22.0 Å². The predicted octanol–water partition coefficient (Wildman–Crippen LogP) is 4.90. The molecule has 1 heterocycles. The van der Waals surface area contributed by atoms with Crippen molar-refractivity contribution in [2.75, 3.05) is 0 Å². The van der Waals surface area contributed by atoms with E-state index in [2.05, 4.69) is 51.6 Å². The van der Waals surface area contributed by atoms with E-state index in [4.69, 9.17) is 0 Å². The average molecular weight is 354 g/mol. The quantitative estimate of drug-likeness (QED) is 0.667. The molecule has 0 aliphatic rings. The molecular weight excluding hydrogens is 338 g/mol. The molecule has 0 unspecified atom stereocenters. The third kappa shape index (κ3) is 2.88. The lowest BCUT2D eigenvalue weighted by Gasteiger charge is -2.06. The largest absolute Gasteiger partial charge is 0.213 e. The number of rotatable bonds is 4. The highest BCUT2D eigenvalue weighted by molar-refractivity contribution is 9.10. The number of halogens is 1. The molecule has 1 aromatic heterocycles. The molecule has 0 radical (unpaired) electrons. The molecule has 0 fully saturated rings. The summed E-state index contributed by atoms with van der Waals surface area (Å²) in [5, 5.41) is 4.62. The average Bonchev–Trinajstić information content (AvgIpc) is 2.99. The van der Waals surface area contributed by atoms with Crippen LogP contribution in [0.3, 0.4) is 0 Å². The zero-order valence-corrected chi connectivity index (χ0v) is 13.9. The standard InChI is InChI=1S/C18H16BrN3/c1-3-13-8-10-14(11-9-13)18-20-17(4-2)21-22(18)16-7-5-6-15(19)12-16/h3,5-12H,1,4H2,2H3. The molecule has 2 aromatic carbocycles. The second-order valence-corrected chi connectivity index (χ2v) is 5.84. The van der Waals surface area contributed by atoms with Gasteiger partial charge in [0.15, 0.2) is 11.6 Å². The molecule has 0 aliphatic heterocycles. The first-order valence-electron chi connectivity index (χ1n) is 7.16. The fourth-order valence-electron chi connectivity index (χ4n) is 2.25. The van der Waals surface area contributed by atoms with Gasteiger partial charge in [-0.25, -0.2) is 9.67 Å². The summed E-state index contributed by atoms with van der Waals surface area (Å²) in [5.74, 6) is 1.69. The van der Waals surface area contributed by atoms with E-state index in [1.807, 2.05) is 47.2 Å². The minimum atomic E-state index is 0.804. The Morgan fingerprint density at radius 2 is 1.95 bits per heavy atom. The third-order valence-electron chi connectivity index (χ3n) is 3.42. The number of aromatic nitrogens is 3. The highest BCUT2D eigenvalue weighted by Crippen LogP contribution is 2.23. The molecule has 110 valence electrons. The molecule has 0 N–H and O–H groups in total. The molecule has 0 amide bonds. The van der Waals surface area contributed by atoms with Crippen LogP contribution >= 0.6 is 15.9 Å². The van der Waals surface area contributed by atoms with Gasteiger partial charge in [0.25, 0.3) is 0 Å². The van der Waals surface area contributed by atoms with Crippen LogP contribution in [0, 0.1) is 0 Å². The van der Waals surface area contributed by atoms with E-state index in [9.17, 15) is 0 Å². The van der Waals surface area contributed by atoms with E-state index < -0.39 is 0 Å². The van der Waals surface area contributed by atoms with E-state index in [1.54, 1.807) is 0 Å². The Hall–Kier alpha value is -2.20. The van der Waals surface area contributed by atoms with Gasteiger partial charge >= 0.3 is 0 Å². The van der Waals surface area contributed by atoms with Crippen LogP contribution in [-0.2, 0) is 6.42 Å². The lowest BCUT2D eigenvalue weighted by Crippen LogP contribution is -1.99. The van der Waals surface area contributed by atoms with Crippen molar-refractivity contribution in [3.63, 3.8) is 0 Å². The normalized spacial score (nSPS) is 10.6. The highest BCUT2D eigenvalue weighted by Gasteiger charge is 2.13. The smallest absolute Gasteiger partial charge is 0.163 e. The SMILES string of the molecule is C=Cc1ccc(-c2nc(CC)nn2-c2cccc(Br)c2)cc1. The van der Waals surface area contributed by atoms with E-state index >= 15 is 0 Å².